The predicted octanol–water partition coefficient (Wildman–Crippen LogP) is 3.83. The van der Waals surface area contributed by atoms with E-state index in [2.05, 4.69) is 5.32 Å². The van der Waals surface area contributed by atoms with Crippen LogP contribution in [0.1, 0.15) is 31.9 Å². The highest BCUT2D eigenvalue weighted by Crippen LogP contribution is 2.37. The van der Waals surface area contributed by atoms with Crippen molar-refractivity contribution < 1.29 is 35.9 Å². The summed E-state index contributed by atoms with van der Waals surface area (Å²) in [6.07, 6.45) is -10.0. The van der Waals surface area contributed by atoms with Gasteiger partial charge in [-0.3, -0.25) is 9.59 Å². The summed E-state index contributed by atoms with van der Waals surface area (Å²) in [7, 11) is 0. The highest BCUT2D eigenvalue weighted by atomic mass is 19.4. The van der Waals surface area contributed by atoms with Crippen molar-refractivity contribution >= 4 is 17.5 Å². The first-order valence-corrected chi connectivity index (χ1v) is 6.98. The van der Waals surface area contributed by atoms with E-state index in [0.29, 0.717) is 12.1 Å². The van der Waals surface area contributed by atoms with E-state index in [4.69, 9.17) is 0 Å². The summed E-state index contributed by atoms with van der Waals surface area (Å²) >= 11 is 0. The SMILES string of the molecule is CC(C)(C)C(=O)NCC(=O)Nc1cc(C(F)(F)F)cc(C(F)(F)F)c1. The number of alkyl halides is 6. The zero-order valence-corrected chi connectivity index (χ0v) is 13.5. The number of nitrogens with one attached hydrogen (secondary N) is 2. The number of rotatable bonds is 3. The minimum Gasteiger partial charge on any atom is -0.347 e. The first-order chi connectivity index (χ1) is 11.1. The topological polar surface area (TPSA) is 58.2 Å². The molecule has 4 nitrogen and oxygen atoms in total. The third kappa shape index (κ3) is 6.28. The first kappa shape index (κ1) is 20.8. The minimum atomic E-state index is -5.01. The molecule has 0 bridgehead atoms. The van der Waals surface area contributed by atoms with E-state index in [-0.39, 0.29) is 6.07 Å². The summed E-state index contributed by atoms with van der Waals surface area (Å²) in [5, 5.41) is 4.16. The lowest BCUT2D eigenvalue weighted by Gasteiger charge is -2.18. The number of amides is 2. The Bertz CT molecular complexity index is 627. The summed E-state index contributed by atoms with van der Waals surface area (Å²) in [4.78, 5) is 23.3. The maximum Gasteiger partial charge on any atom is 0.416 e. The maximum atomic E-state index is 12.7. The van der Waals surface area contributed by atoms with Gasteiger partial charge in [0.25, 0.3) is 0 Å². The monoisotopic (exact) mass is 370 g/mol. The van der Waals surface area contributed by atoms with Crippen molar-refractivity contribution in [1.82, 2.24) is 5.32 Å². The predicted molar refractivity (Wildman–Crippen MR) is 77.5 cm³/mol. The molecule has 0 aromatic heterocycles. The van der Waals surface area contributed by atoms with Crippen molar-refractivity contribution in [1.29, 1.82) is 0 Å². The summed E-state index contributed by atoms with van der Waals surface area (Å²) in [6, 6.07) is 0.731. The molecule has 25 heavy (non-hydrogen) atoms. The van der Waals surface area contributed by atoms with Crippen LogP contribution in [0.4, 0.5) is 32.0 Å². The third-order valence-electron chi connectivity index (χ3n) is 2.96. The van der Waals surface area contributed by atoms with Crippen LogP contribution in [-0.2, 0) is 21.9 Å². The molecule has 0 spiro atoms. The van der Waals surface area contributed by atoms with Gasteiger partial charge in [0.15, 0.2) is 0 Å². The summed E-state index contributed by atoms with van der Waals surface area (Å²) in [6.45, 7) is 4.13. The second-order valence-electron chi connectivity index (χ2n) is 6.28. The van der Waals surface area contributed by atoms with Gasteiger partial charge in [-0.25, -0.2) is 0 Å². The van der Waals surface area contributed by atoms with E-state index >= 15 is 0 Å². The van der Waals surface area contributed by atoms with Gasteiger partial charge in [-0.05, 0) is 18.2 Å². The standard InChI is InChI=1S/C15H16F6N2O2/c1-13(2,3)12(25)22-7-11(24)23-10-5-8(14(16,17)18)4-9(6-10)15(19,20)21/h4-6H,7H2,1-3H3,(H,22,25)(H,23,24). The van der Waals surface area contributed by atoms with E-state index < -0.39 is 52.9 Å². The highest BCUT2D eigenvalue weighted by Gasteiger charge is 2.37. The summed E-state index contributed by atoms with van der Waals surface area (Å²) in [5.41, 5.74) is -4.57. The third-order valence-corrected chi connectivity index (χ3v) is 2.96. The Morgan fingerprint density at radius 1 is 0.880 bits per heavy atom. The molecule has 0 unspecified atom stereocenters. The largest absolute Gasteiger partial charge is 0.416 e. The molecular formula is C15H16F6N2O2. The van der Waals surface area contributed by atoms with Crippen LogP contribution in [-0.4, -0.2) is 18.4 Å². The summed E-state index contributed by atoms with van der Waals surface area (Å²) in [5.74, 6) is -1.45. The number of hydrogen-bond acceptors (Lipinski definition) is 2. The van der Waals surface area contributed by atoms with Crippen LogP contribution >= 0.6 is 0 Å². The normalized spacial score (nSPS) is 12.7. The lowest BCUT2D eigenvalue weighted by molar-refractivity contribution is -0.143. The van der Waals surface area contributed by atoms with Crippen molar-refractivity contribution in [2.45, 2.75) is 33.1 Å². The molecule has 1 aromatic rings. The van der Waals surface area contributed by atoms with E-state index in [1.807, 2.05) is 5.32 Å². The van der Waals surface area contributed by atoms with Crippen molar-refractivity contribution in [2.24, 2.45) is 5.41 Å². The van der Waals surface area contributed by atoms with Gasteiger partial charge in [0.05, 0.1) is 17.7 Å². The lowest BCUT2D eigenvalue weighted by Crippen LogP contribution is -2.39. The minimum absolute atomic E-state index is 0.0446. The summed E-state index contributed by atoms with van der Waals surface area (Å²) < 4.78 is 76.3. The molecular weight excluding hydrogens is 354 g/mol. The Morgan fingerprint density at radius 3 is 1.68 bits per heavy atom. The number of hydrogen-bond donors (Lipinski definition) is 2. The molecule has 1 rings (SSSR count). The van der Waals surface area contributed by atoms with Gasteiger partial charge in [0, 0.05) is 11.1 Å². The molecule has 0 aliphatic carbocycles. The molecule has 0 aliphatic rings. The van der Waals surface area contributed by atoms with Gasteiger partial charge in [-0.1, -0.05) is 20.8 Å². The molecule has 0 saturated heterocycles. The van der Waals surface area contributed by atoms with Gasteiger partial charge in [-0.2, -0.15) is 26.3 Å². The van der Waals surface area contributed by atoms with E-state index in [1.54, 1.807) is 20.8 Å². The average Bonchev–Trinajstić information content (AvgIpc) is 2.41. The molecule has 0 heterocycles. The number of halogens is 6. The fourth-order valence-corrected chi connectivity index (χ4v) is 1.66. The van der Waals surface area contributed by atoms with Crippen molar-refractivity contribution in [3.8, 4) is 0 Å². The Morgan fingerprint density at radius 2 is 1.32 bits per heavy atom. The number of carbonyl (C=O) groups excluding carboxylic acids is 2. The van der Waals surface area contributed by atoms with Crippen molar-refractivity contribution in [3.63, 3.8) is 0 Å². The molecule has 0 fully saturated rings. The van der Waals surface area contributed by atoms with Crippen LogP contribution in [0.15, 0.2) is 18.2 Å². The van der Waals surface area contributed by atoms with Crippen molar-refractivity contribution in [2.75, 3.05) is 11.9 Å². The molecule has 0 radical (unpaired) electrons. The highest BCUT2D eigenvalue weighted by molar-refractivity contribution is 5.95. The molecule has 10 heteroatoms. The molecule has 0 saturated carbocycles. The Labute approximate surface area is 139 Å². The van der Waals surface area contributed by atoms with Gasteiger partial charge < -0.3 is 10.6 Å². The van der Waals surface area contributed by atoms with Crippen LogP contribution in [0.25, 0.3) is 0 Å². The number of benzene rings is 1. The second-order valence-corrected chi connectivity index (χ2v) is 6.28. The van der Waals surface area contributed by atoms with Gasteiger partial charge in [0.2, 0.25) is 11.8 Å². The van der Waals surface area contributed by atoms with E-state index in [9.17, 15) is 35.9 Å². The van der Waals surface area contributed by atoms with Crippen LogP contribution in [0.3, 0.4) is 0 Å². The fraction of sp³-hybridized carbons (Fsp3) is 0.467. The van der Waals surface area contributed by atoms with Crippen molar-refractivity contribution in [3.05, 3.63) is 29.3 Å². The average molecular weight is 370 g/mol. The van der Waals surface area contributed by atoms with Crippen LogP contribution in [0, 0.1) is 5.41 Å². The van der Waals surface area contributed by atoms with E-state index in [1.165, 1.54) is 0 Å². The molecule has 2 N–H and O–H groups in total. The first-order valence-electron chi connectivity index (χ1n) is 6.98. The van der Waals surface area contributed by atoms with Crippen LogP contribution in [0.5, 0.6) is 0 Å². The second kappa shape index (κ2) is 6.93. The van der Waals surface area contributed by atoms with E-state index in [0.717, 1.165) is 0 Å². The number of carbonyl (C=O) groups is 2. The van der Waals surface area contributed by atoms with Gasteiger partial charge >= 0.3 is 12.4 Å². The maximum absolute atomic E-state index is 12.7. The Balaban J connectivity index is 2.97. The van der Waals surface area contributed by atoms with Crippen LogP contribution in [0.2, 0.25) is 0 Å². The van der Waals surface area contributed by atoms with Gasteiger partial charge in [-0.15, -0.1) is 0 Å². The van der Waals surface area contributed by atoms with Crippen LogP contribution < -0.4 is 10.6 Å². The molecule has 0 atom stereocenters. The molecule has 0 aliphatic heterocycles. The fourth-order valence-electron chi connectivity index (χ4n) is 1.66. The molecule has 1 aromatic carbocycles. The molecule has 2 amide bonds. The Hall–Kier alpha value is -2.26. The zero-order chi connectivity index (χ0) is 19.6. The zero-order valence-electron chi connectivity index (χ0n) is 13.5. The Kier molecular flexibility index (Phi) is 5.76. The molecule has 140 valence electrons. The quantitative estimate of drug-likeness (QED) is 0.795. The van der Waals surface area contributed by atoms with Gasteiger partial charge in [0.1, 0.15) is 0 Å². The smallest absolute Gasteiger partial charge is 0.347 e. The lowest BCUT2D eigenvalue weighted by atomic mass is 9.96. The number of anilines is 1.